The van der Waals surface area contributed by atoms with Crippen LogP contribution in [0.5, 0.6) is 0 Å². The maximum absolute atomic E-state index is 3.61. The zero-order chi connectivity index (χ0) is 11.8. The quantitative estimate of drug-likeness (QED) is 0.781. The minimum absolute atomic E-state index is 0.609. The van der Waals surface area contributed by atoms with Gasteiger partial charge in [-0.25, -0.2) is 0 Å². The van der Waals surface area contributed by atoms with Gasteiger partial charge < -0.3 is 5.32 Å². The molecule has 0 aromatic heterocycles. The average molecular weight is 237 g/mol. The van der Waals surface area contributed by atoms with Crippen molar-refractivity contribution >= 4 is 11.8 Å². The highest BCUT2D eigenvalue weighted by Gasteiger charge is 2.07. The third kappa shape index (κ3) is 5.04. The van der Waals surface area contributed by atoms with Crippen LogP contribution in [0.1, 0.15) is 24.5 Å². The summed E-state index contributed by atoms with van der Waals surface area (Å²) in [6.45, 7) is 5.48. The molecule has 0 bridgehead atoms. The van der Waals surface area contributed by atoms with Crippen molar-refractivity contribution in [2.75, 3.05) is 18.6 Å². The molecule has 1 N–H and O–H groups in total. The van der Waals surface area contributed by atoms with Crippen LogP contribution in [0.25, 0.3) is 0 Å². The van der Waals surface area contributed by atoms with Crippen LogP contribution in [-0.4, -0.2) is 24.6 Å². The molecule has 1 nitrogen and oxygen atoms in total. The van der Waals surface area contributed by atoms with Gasteiger partial charge in [-0.15, -0.1) is 0 Å². The first kappa shape index (κ1) is 13.6. The summed E-state index contributed by atoms with van der Waals surface area (Å²) in [5.41, 5.74) is 2.78. The van der Waals surface area contributed by atoms with E-state index in [9.17, 15) is 0 Å². The lowest BCUT2D eigenvalue weighted by Gasteiger charge is -2.17. The van der Waals surface area contributed by atoms with Crippen molar-refractivity contribution in [3.05, 3.63) is 35.4 Å². The first-order valence-electron chi connectivity index (χ1n) is 6.04. The third-order valence-electron chi connectivity index (χ3n) is 2.65. The monoisotopic (exact) mass is 237 g/mol. The summed E-state index contributed by atoms with van der Waals surface area (Å²) in [5.74, 6) is 1.19. The normalized spacial score (nSPS) is 12.7. The average Bonchev–Trinajstić information content (AvgIpc) is 2.29. The van der Waals surface area contributed by atoms with Crippen LogP contribution >= 0.6 is 11.8 Å². The summed E-state index contributed by atoms with van der Waals surface area (Å²) in [4.78, 5) is 0. The van der Waals surface area contributed by atoms with Gasteiger partial charge in [0.05, 0.1) is 0 Å². The fraction of sp³-hybridized carbons (Fsp3) is 0.571. The maximum atomic E-state index is 3.61. The zero-order valence-electron chi connectivity index (χ0n) is 10.6. The molecule has 90 valence electrons. The Hall–Kier alpha value is -0.470. The topological polar surface area (TPSA) is 12.0 Å². The Kier molecular flexibility index (Phi) is 6.58. The molecule has 1 rings (SSSR count). The standard InChI is InChI=1S/C14H23NS/c1-4-9-15-14(11-16-3)10-13-7-5-12(2)6-8-13/h5-8,14-15H,4,9-11H2,1-3H3. The van der Waals surface area contributed by atoms with Crippen LogP contribution < -0.4 is 5.32 Å². The summed E-state index contributed by atoms with van der Waals surface area (Å²) in [5, 5.41) is 3.61. The molecule has 1 aromatic rings. The van der Waals surface area contributed by atoms with Gasteiger partial charge in [-0.1, -0.05) is 36.8 Å². The molecule has 0 amide bonds. The first-order chi connectivity index (χ1) is 7.76. The lowest BCUT2D eigenvalue weighted by atomic mass is 10.1. The highest BCUT2D eigenvalue weighted by molar-refractivity contribution is 7.98. The van der Waals surface area contributed by atoms with Gasteiger partial charge in [0.15, 0.2) is 0 Å². The Labute approximate surface area is 104 Å². The van der Waals surface area contributed by atoms with Gasteiger partial charge in [-0.05, 0) is 38.1 Å². The Morgan fingerprint density at radius 1 is 1.25 bits per heavy atom. The van der Waals surface area contributed by atoms with E-state index in [0.717, 1.165) is 13.0 Å². The molecule has 0 aliphatic heterocycles. The number of aryl methyl sites for hydroxylation is 1. The van der Waals surface area contributed by atoms with Crippen molar-refractivity contribution in [3.8, 4) is 0 Å². The van der Waals surface area contributed by atoms with E-state index in [1.807, 2.05) is 11.8 Å². The fourth-order valence-electron chi connectivity index (χ4n) is 1.75. The number of hydrogen-bond acceptors (Lipinski definition) is 2. The molecule has 0 fully saturated rings. The lowest BCUT2D eigenvalue weighted by Crippen LogP contribution is -2.33. The minimum atomic E-state index is 0.609. The number of benzene rings is 1. The van der Waals surface area contributed by atoms with Crippen LogP contribution in [-0.2, 0) is 6.42 Å². The molecule has 0 aliphatic carbocycles. The molecular formula is C14H23NS. The Bertz CT molecular complexity index is 281. The van der Waals surface area contributed by atoms with Crippen molar-refractivity contribution in [2.45, 2.75) is 32.7 Å². The van der Waals surface area contributed by atoms with Gasteiger partial charge in [-0.3, -0.25) is 0 Å². The molecule has 0 heterocycles. The molecule has 0 saturated carbocycles. The van der Waals surface area contributed by atoms with E-state index >= 15 is 0 Å². The van der Waals surface area contributed by atoms with Gasteiger partial charge in [0, 0.05) is 11.8 Å². The highest BCUT2D eigenvalue weighted by atomic mass is 32.2. The van der Waals surface area contributed by atoms with Crippen molar-refractivity contribution in [2.24, 2.45) is 0 Å². The second-order valence-electron chi connectivity index (χ2n) is 4.30. The molecule has 1 unspecified atom stereocenters. The molecular weight excluding hydrogens is 214 g/mol. The summed E-state index contributed by atoms with van der Waals surface area (Å²) in [7, 11) is 0. The molecule has 0 spiro atoms. The maximum Gasteiger partial charge on any atom is 0.0198 e. The Morgan fingerprint density at radius 2 is 1.94 bits per heavy atom. The van der Waals surface area contributed by atoms with Gasteiger partial charge >= 0.3 is 0 Å². The number of rotatable bonds is 7. The highest BCUT2D eigenvalue weighted by Crippen LogP contribution is 2.09. The second kappa shape index (κ2) is 7.75. The zero-order valence-corrected chi connectivity index (χ0v) is 11.4. The van der Waals surface area contributed by atoms with Crippen LogP contribution in [0.15, 0.2) is 24.3 Å². The number of nitrogens with one attached hydrogen (secondary N) is 1. The minimum Gasteiger partial charge on any atom is -0.313 e. The molecule has 0 radical (unpaired) electrons. The fourth-order valence-corrected chi connectivity index (χ4v) is 2.39. The van der Waals surface area contributed by atoms with Crippen molar-refractivity contribution in [1.29, 1.82) is 0 Å². The summed E-state index contributed by atoms with van der Waals surface area (Å²) < 4.78 is 0. The van der Waals surface area contributed by atoms with E-state index in [-0.39, 0.29) is 0 Å². The summed E-state index contributed by atoms with van der Waals surface area (Å²) in [6, 6.07) is 9.50. The van der Waals surface area contributed by atoms with Gasteiger partial charge in [-0.2, -0.15) is 11.8 Å². The van der Waals surface area contributed by atoms with E-state index in [1.54, 1.807) is 0 Å². The summed E-state index contributed by atoms with van der Waals surface area (Å²) >= 11 is 1.92. The Balaban J connectivity index is 2.49. The first-order valence-corrected chi connectivity index (χ1v) is 7.43. The largest absolute Gasteiger partial charge is 0.313 e. The van der Waals surface area contributed by atoms with Crippen molar-refractivity contribution in [1.82, 2.24) is 5.32 Å². The third-order valence-corrected chi connectivity index (χ3v) is 3.39. The Morgan fingerprint density at radius 3 is 2.50 bits per heavy atom. The van der Waals surface area contributed by atoms with Crippen molar-refractivity contribution < 1.29 is 0 Å². The van der Waals surface area contributed by atoms with E-state index in [0.29, 0.717) is 6.04 Å². The SMILES string of the molecule is CCCNC(CSC)Cc1ccc(C)cc1. The molecule has 16 heavy (non-hydrogen) atoms. The number of hydrogen-bond donors (Lipinski definition) is 1. The second-order valence-corrected chi connectivity index (χ2v) is 5.21. The smallest absolute Gasteiger partial charge is 0.0198 e. The lowest BCUT2D eigenvalue weighted by molar-refractivity contribution is 0.550. The molecule has 1 atom stereocenters. The van der Waals surface area contributed by atoms with Gasteiger partial charge in [0.25, 0.3) is 0 Å². The predicted octanol–water partition coefficient (Wildman–Crippen LogP) is 3.27. The van der Waals surface area contributed by atoms with Crippen LogP contribution in [0, 0.1) is 6.92 Å². The van der Waals surface area contributed by atoms with E-state index in [1.165, 1.54) is 23.3 Å². The van der Waals surface area contributed by atoms with Crippen LogP contribution in [0.2, 0.25) is 0 Å². The van der Waals surface area contributed by atoms with Crippen LogP contribution in [0.3, 0.4) is 0 Å². The molecule has 1 aromatic carbocycles. The molecule has 2 heteroatoms. The van der Waals surface area contributed by atoms with Crippen LogP contribution in [0.4, 0.5) is 0 Å². The van der Waals surface area contributed by atoms with Crippen molar-refractivity contribution in [3.63, 3.8) is 0 Å². The predicted molar refractivity (Wildman–Crippen MR) is 75.3 cm³/mol. The van der Waals surface area contributed by atoms with E-state index in [4.69, 9.17) is 0 Å². The van der Waals surface area contributed by atoms with Gasteiger partial charge in [0.2, 0.25) is 0 Å². The van der Waals surface area contributed by atoms with Gasteiger partial charge in [0.1, 0.15) is 0 Å². The molecule has 0 aliphatic rings. The van der Waals surface area contributed by atoms with E-state index < -0.39 is 0 Å². The van der Waals surface area contributed by atoms with E-state index in [2.05, 4.69) is 49.7 Å². The number of thioether (sulfide) groups is 1. The molecule has 0 saturated heterocycles. The summed E-state index contributed by atoms with van der Waals surface area (Å²) in [6.07, 6.45) is 4.52.